The molecule has 0 saturated heterocycles. The molecule has 0 aliphatic rings. The molecule has 3 nitrogen and oxygen atoms in total. The van der Waals surface area contributed by atoms with Crippen molar-refractivity contribution < 1.29 is 8.78 Å². The average Bonchev–Trinajstić information content (AvgIpc) is 3.90. The third-order valence-electron chi connectivity index (χ3n) is 13.7. The Morgan fingerprint density at radius 1 is 0.375 bits per heavy atom. The first kappa shape index (κ1) is 47.6. The summed E-state index contributed by atoms with van der Waals surface area (Å²) in [5.74, 6) is 0.283. The van der Waals surface area contributed by atoms with Crippen LogP contribution >= 0.6 is 0 Å². The van der Waals surface area contributed by atoms with Crippen molar-refractivity contribution in [2.75, 3.05) is 9.80 Å². The lowest BCUT2D eigenvalue weighted by Gasteiger charge is -2.26. The summed E-state index contributed by atoms with van der Waals surface area (Å²) >= 11 is 0. The summed E-state index contributed by atoms with van der Waals surface area (Å²) < 4.78 is 31.1. The Morgan fingerprint density at radius 2 is 0.736 bits per heavy atom. The van der Waals surface area contributed by atoms with Crippen molar-refractivity contribution in [2.24, 2.45) is 0 Å². The first-order valence-electron chi connectivity index (χ1n) is 25.6. The van der Waals surface area contributed by atoms with Crippen LogP contribution in [0.4, 0.5) is 42.9 Å². The van der Waals surface area contributed by atoms with Gasteiger partial charge in [-0.15, -0.1) is 0 Å². The maximum atomic E-state index is 14.3. The van der Waals surface area contributed by atoms with E-state index in [2.05, 4.69) is 207 Å². The Labute approximate surface area is 422 Å². The van der Waals surface area contributed by atoms with Gasteiger partial charge in [0.1, 0.15) is 11.6 Å². The summed E-state index contributed by atoms with van der Waals surface area (Å²) in [6, 6.07) is 68.9. The van der Waals surface area contributed by atoms with Crippen molar-refractivity contribution in [3.05, 3.63) is 223 Å². The second kappa shape index (κ2) is 20.0. The van der Waals surface area contributed by atoms with Crippen molar-refractivity contribution >= 4 is 93.8 Å². The molecule has 5 heteroatoms. The van der Waals surface area contributed by atoms with Gasteiger partial charge in [0, 0.05) is 55.7 Å². The zero-order valence-corrected chi connectivity index (χ0v) is 42.5. The van der Waals surface area contributed by atoms with Gasteiger partial charge in [-0.2, -0.15) is 0 Å². The van der Waals surface area contributed by atoms with E-state index in [-0.39, 0.29) is 11.6 Å². The highest BCUT2D eigenvalue weighted by Crippen LogP contribution is 2.46. The number of aromatic nitrogens is 1. The largest absolute Gasteiger partial charge is 0.310 e. The third kappa shape index (κ3) is 8.78. The van der Waals surface area contributed by atoms with Crippen LogP contribution in [0, 0.1) is 11.6 Å². The monoisotopic (exact) mass is 945 g/mol. The fraction of sp³-hybridized carbons (Fsp3) is 0.164. The van der Waals surface area contributed by atoms with E-state index >= 15 is 0 Å². The van der Waals surface area contributed by atoms with Crippen LogP contribution in [0.5, 0.6) is 0 Å². The molecule has 0 unspecified atom stereocenters. The molecule has 12 aromatic rings. The minimum atomic E-state index is -0.265. The Kier molecular flexibility index (Phi) is 13.2. The van der Waals surface area contributed by atoms with E-state index in [1.54, 1.807) is 0 Å². The van der Waals surface area contributed by atoms with Gasteiger partial charge in [0.05, 0.1) is 16.6 Å². The Hall–Kier alpha value is -8.02. The molecule has 2 heterocycles. The maximum absolute atomic E-state index is 14.3. The predicted octanol–water partition coefficient (Wildman–Crippen LogP) is 20.7. The van der Waals surface area contributed by atoms with Crippen molar-refractivity contribution in [1.29, 1.82) is 0 Å². The number of anilines is 6. The number of nitrogens with zero attached hydrogens (tertiary/aromatic N) is 3. The van der Waals surface area contributed by atoms with E-state index in [1.807, 2.05) is 38.1 Å². The highest BCUT2D eigenvalue weighted by atomic mass is 19.1. The molecule has 0 N–H and O–H groups in total. The molecular weight excluding hydrogens is 885 g/mol. The molecule has 12 rings (SSSR count). The molecule has 358 valence electrons. The number of hydrogen-bond acceptors (Lipinski definition) is 2. The van der Waals surface area contributed by atoms with Crippen LogP contribution in [-0.2, 0) is 0 Å². The lowest BCUT2D eigenvalue weighted by Crippen LogP contribution is -2.10. The zero-order valence-electron chi connectivity index (χ0n) is 42.5. The van der Waals surface area contributed by atoms with Gasteiger partial charge >= 0.3 is 0 Å². The van der Waals surface area contributed by atoms with Gasteiger partial charge in [-0.3, -0.25) is 0 Å². The van der Waals surface area contributed by atoms with Crippen molar-refractivity contribution in [1.82, 2.24) is 4.40 Å². The van der Waals surface area contributed by atoms with Crippen molar-refractivity contribution in [3.8, 4) is 11.1 Å². The van der Waals surface area contributed by atoms with Crippen LogP contribution in [0.3, 0.4) is 0 Å². The van der Waals surface area contributed by atoms with E-state index in [9.17, 15) is 8.78 Å². The average molecular weight is 946 g/mol. The van der Waals surface area contributed by atoms with E-state index in [1.165, 1.54) is 80.0 Å². The van der Waals surface area contributed by atoms with Crippen LogP contribution in [0.2, 0.25) is 0 Å². The molecule has 72 heavy (non-hydrogen) atoms. The molecular formula is C67H61F2N3. The Balaban J connectivity index is 0.00000115. The van der Waals surface area contributed by atoms with Crippen molar-refractivity contribution in [2.45, 2.75) is 73.6 Å². The molecule has 0 atom stereocenters. The summed E-state index contributed by atoms with van der Waals surface area (Å²) in [7, 11) is 0. The highest BCUT2D eigenvalue weighted by Gasteiger charge is 2.22. The van der Waals surface area contributed by atoms with Gasteiger partial charge in [0.2, 0.25) is 0 Å². The summed E-state index contributed by atoms with van der Waals surface area (Å²) in [4.78, 5) is 4.41. The second-order valence-corrected chi connectivity index (χ2v) is 19.2. The SMILES string of the molecule is CC.CC(C)c1ccc(N(c2ccc(F)cc2)c2ccc3cc4c5cc(-c6ccccc6)cc6c7cc8ccc(N(c9ccc(F)cc9)c9ccc(C(C)C)cc9)cc8cc7n(c4cc3c2)c56)cc1.CCC. The van der Waals surface area contributed by atoms with Gasteiger partial charge in [-0.1, -0.05) is 129 Å². The molecule has 10 aromatic carbocycles. The molecule has 0 aliphatic carbocycles. The number of fused-ring (bicyclic) bond motifs is 8. The maximum Gasteiger partial charge on any atom is 0.123 e. The summed E-state index contributed by atoms with van der Waals surface area (Å²) in [5, 5.41) is 9.31. The van der Waals surface area contributed by atoms with Gasteiger partial charge in [0.25, 0.3) is 0 Å². The first-order valence-corrected chi connectivity index (χ1v) is 25.6. The van der Waals surface area contributed by atoms with Crippen molar-refractivity contribution in [3.63, 3.8) is 0 Å². The molecule has 0 bridgehead atoms. The minimum absolute atomic E-state index is 0.265. The molecule has 2 aromatic heterocycles. The van der Waals surface area contributed by atoms with E-state index in [4.69, 9.17) is 0 Å². The van der Waals surface area contributed by atoms with E-state index in [0.29, 0.717) is 11.8 Å². The molecule has 0 saturated carbocycles. The summed E-state index contributed by atoms with van der Waals surface area (Å²) in [6.07, 6.45) is 1.25. The van der Waals surface area contributed by atoms with Gasteiger partial charge in [-0.25, -0.2) is 8.78 Å². The normalized spacial score (nSPS) is 11.5. The number of halogens is 2. The highest BCUT2D eigenvalue weighted by molar-refractivity contribution is 6.27. The molecule has 0 spiro atoms. The Bertz CT molecular complexity index is 3590. The quantitative estimate of drug-likeness (QED) is 0.143. The number of hydrogen-bond donors (Lipinski definition) is 0. The fourth-order valence-electron chi connectivity index (χ4n) is 10.2. The van der Waals surface area contributed by atoms with Crippen LogP contribution in [-0.4, -0.2) is 4.40 Å². The standard InChI is InChI=1S/C62H47F2N3.C3H8.C2H6/c1-38(2)40-10-20-50(21-11-40)65(52-26-16-48(63)17-27-52)54-24-14-43-32-56-58-34-47(42-8-6-5-7-9-42)35-59-57-33-44-15-25-55(31-46(44)37-61(57)67(62(58)59)60(56)36-45(43)30-54)66(53-28-18-49(64)19-29-53)51-22-12-41(13-23-51)39(3)4;1-3-2;1-2/h5-39H,1-4H3;3H2,1-2H3;1-2H3. The van der Waals surface area contributed by atoms with Crippen LogP contribution < -0.4 is 9.80 Å². The zero-order chi connectivity index (χ0) is 50.2. The van der Waals surface area contributed by atoms with Crippen LogP contribution in [0.15, 0.2) is 200 Å². The van der Waals surface area contributed by atoms with E-state index < -0.39 is 0 Å². The lowest BCUT2D eigenvalue weighted by atomic mass is 9.97. The second-order valence-electron chi connectivity index (χ2n) is 19.2. The fourth-order valence-corrected chi connectivity index (χ4v) is 10.2. The first-order chi connectivity index (χ1) is 35.1. The van der Waals surface area contributed by atoms with E-state index in [0.717, 1.165) is 66.7 Å². The Morgan fingerprint density at radius 3 is 1.11 bits per heavy atom. The lowest BCUT2D eigenvalue weighted by molar-refractivity contribution is 0.627. The predicted molar refractivity (Wildman–Crippen MR) is 306 cm³/mol. The molecule has 0 aliphatic heterocycles. The van der Waals surface area contributed by atoms with Gasteiger partial charge in [-0.05, 0) is 189 Å². The smallest absolute Gasteiger partial charge is 0.123 e. The van der Waals surface area contributed by atoms with Gasteiger partial charge in [0.15, 0.2) is 0 Å². The minimum Gasteiger partial charge on any atom is -0.310 e. The number of benzene rings is 10. The number of rotatable bonds is 9. The topological polar surface area (TPSA) is 10.9 Å². The summed E-state index contributed by atoms with van der Waals surface area (Å²) in [6.45, 7) is 17.1. The summed E-state index contributed by atoms with van der Waals surface area (Å²) in [5.41, 5.74) is 14.1. The molecule has 0 fully saturated rings. The third-order valence-corrected chi connectivity index (χ3v) is 13.7. The molecule has 0 radical (unpaired) electrons. The van der Waals surface area contributed by atoms with Gasteiger partial charge < -0.3 is 14.2 Å². The molecule has 0 amide bonds. The van der Waals surface area contributed by atoms with Crippen LogP contribution in [0.25, 0.3) is 70.8 Å². The van der Waals surface area contributed by atoms with Crippen LogP contribution in [0.1, 0.15) is 84.8 Å².